The Morgan fingerprint density at radius 1 is 1.15 bits per heavy atom. The fraction of sp³-hybridized carbons (Fsp3) is 0.0952. The van der Waals surface area contributed by atoms with Gasteiger partial charge in [0.25, 0.3) is 10.0 Å². The van der Waals surface area contributed by atoms with Crippen LogP contribution in [0, 0.1) is 5.82 Å². The smallest absolute Gasteiger partial charge is 0.328 e. The Labute approximate surface area is 193 Å². The molecule has 3 aromatic rings. The van der Waals surface area contributed by atoms with Crippen molar-refractivity contribution in [1.82, 2.24) is 14.3 Å². The number of carbonyl (C=O) groups is 2. The third kappa shape index (κ3) is 6.48. The Balaban J connectivity index is 0.000000414. The zero-order valence-corrected chi connectivity index (χ0v) is 18.7. The molecule has 33 heavy (non-hydrogen) atoms. The maximum atomic E-state index is 14.3. The van der Waals surface area contributed by atoms with Crippen LogP contribution in [0.2, 0.25) is 5.02 Å². The highest BCUT2D eigenvalue weighted by atomic mass is 35.5. The van der Waals surface area contributed by atoms with Crippen molar-refractivity contribution >= 4 is 33.6 Å². The molecule has 0 saturated carbocycles. The van der Waals surface area contributed by atoms with Crippen LogP contribution in [0.3, 0.4) is 0 Å². The van der Waals surface area contributed by atoms with Gasteiger partial charge in [-0.25, -0.2) is 26.4 Å². The lowest BCUT2D eigenvalue weighted by Gasteiger charge is -2.11. The van der Waals surface area contributed by atoms with Crippen molar-refractivity contribution in [2.45, 2.75) is 11.4 Å². The summed E-state index contributed by atoms with van der Waals surface area (Å²) in [5.41, 5.74) is 0.756. The van der Waals surface area contributed by atoms with E-state index in [4.69, 9.17) is 21.8 Å². The summed E-state index contributed by atoms with van der Waals surface area (Å²) in [7, 11) is -2.26. The molecule has 2 heterocycles. The van der Waals surface area contributed by atoms with E-state index >= 15 is 0 Å². The average Bonchev–Trinajstić information content (AvgIpc) is 3.11. The number of aliphatic carboxylic acids is 2. The second kappa shape index (κ2) is 11.4. The SMILES string of the molecule is CNCc1cn(S(=O)(=O)c2cccnc2)c(-c2ccccc2F)c1Cl.O=C(O)/C=C/C(=O)O. The molecule has 0 aliphatic carbocycles. The number of benzene rings is 1. The molecule has 9 nitrogen and oxygen atoms in total. The van der Waals surface area contributed by atoms with E-state index in [1.54, 1.807) is 13.1 Å². The second-order valence-electron chi connectivity index (χ2n) is 6.33. The molecule has 2 aromatic heterocycles. The number of halogens is 2. The number of pyridine rings is 1. The summed E-state index contributed by atoms with van der Waals surface area (Å²) >= 11 is 6.40. The molecule has 0 saturated heterocycles. The van der Waals surface area contributed by atoms with Gasteiger partial charge in [0.15, 0.2) is 0 Å². The van der Waals surface area contributed by atoms with E-state index in [1.165, 1.54) is 48.9 Å². The number of nitrogens with one attached hydrogen (secondary N) is 1. The molecule has 12 heteroatoms. The van der Waals surface area contributed by atoms with Gasteiger partial charge < -0.3 is 15.5 Å². The number of carboxylic acids is 2. The highest BCUT2D eigenvalue weighted by molar-refractivity contribution is 7.90. The lowest BCUT2D eigenvalue weighted by atomic mass is 10.1. The summed E-state index contributed by atoms with van der Waals surface area (Å²) in [5.74, 6) is -3.07. The van der Waals surface area contributed by atoms with Crippen LogP contribution < -0.4 is 5.32 Å². The minimum atomic E-state index is -3.98. The van der Waals surface area contributed by atoms with Crippen LogP contribution in [-0.4, -0.2) is 46.6 Å². The summed E-state index contributed by atoms with van der Waals surface area (Å²) < 4.78 is 41.4. The second-order valence-corrected chi connectivity index (χ2v) is 8.52. The molecule has 0 bridgehead atoms. The van der Waals surface area contributed by atoms with Crippen molar-refractivity contribution in [2.75, 3.05) is 7.05 Å². The molecule has 3 rings (SSSR count). The Morgan fingerprint density at radius 3 is 2.30 bits per heavy atom. The van der Waals surface area contributed by atoms with Gasteiger partial charge in [-0.05, 0) is 31.3 Å². The maximum Gasteiger partial charge on any atom is 0.328 e. The quantitative estimate of drug-likeness (QED) is 0.425. The maximum absolute atomic E-state index is 14.3. The number of hydrogen-bond donors (Lipinski definition) is 3. The summed E-state index contributed by atoms with van der Waals surface area (Å²) in [6.07, 6.45) is 5.24. The molecule has 0 atom stereocenters. The van der Waals surface area contributed by atoms with E-state index in [2.05, 4.69) is 10.3 Å². The van der Waals surface area contributed by atoms with Crippen molar-refractivity contribution < 1.29 is 32.6 Å². The fourth-order valence-electron chi connectivity index (χ4n) is 2.66. The van der Waals surface area contributed by atoms with E-state index in [9.17, 15) is 22.4 Å². The zero-order valence-electron chi connectivity index (χ0n) is 17.1. The number of carboxylic acid groups (broad SMARTS) is 2. The largest absolute Gasteiger partial charge is 0.478 e. The third-order valence-corrected chi connectivity index (χ3v) is 6.10. The van der Waals surface area contributed by atoms with Gasteiger partial charge >= 0.3 is 11.9 Å². The van der Waals surface area contributed by atoms with Gasteiger partial charge in [-0.2, -0.15) is 0 Å². The van der Waals surface area contributed by atoms with Crippen LogP contribution in [0.1, 0.15) is 5.56 Å². The molecule has 0 radical (unpaired) electrons. The van der Waals surface area contributed by atoms with Crippen LogP contribution in [-0.2, 0) is 26.2 Å². The molecule has 0 fully saturated rings. The van der Waals surface area contributed by atoms with E-state index in [0.29, 0.717) is 24.3 Å². The minimum absolute atomic E-state index is 0.00439. The fourth-order valence-corrected chi connectivity index (χ4v) is 4.39. The van der Waals surface area contributed by atoms with Crippen LogP contribution in [0.4, 0.5) is 4.39 Å². The van der Waals surface area contributed by atoms with E-state index in [0.717, 1.165) is 3.97 Å². The molecule has 0 aliphatic heterocycles. The highest BCUT2D eigenvalue weighted by Crippen LogP contribution is 2.36. The van der Waals surface area contributed by atoms with Gasteiger partial charge in [-0.15, -0.1) is 0 Å². The first-order chi connectivity index (χ1) is 15.6. The van der Waals surface area contributed by atoms with Gasteiger partial charge in [0.1, 0.15) is 10.7 Å². The van der Waals surface area contributed by atoms with Crippen molar-refractivity contribution in [3.8, 4) is 11.3 Å². The van der Waals surface area contributed by atoms with Crippen molar-refractivity contribution in [2.24, 2.45) is 0 Å². The molecule has 0 spiro atoms. The molecule has 0 amide bonds. The molecule has 1 aromatic carbocycles. The number of rotatable bonds is 7. The van der Waals surface area contributed by atoms with Gasteiger partial charge in [0.2, 0.25) is 0 Å². The Morgan fingerprint density at radius 2 is 1.79 bits per heavy atom. The number of nitrogens with zero attached hydrogens (tertiary/aromatic N) is 2. The van der Waals surface area contributed by atoms with Gasteiger partial charge in [0, 0.05) is 48.4 Å². The Kier molecular flexibility index (Phi) is 8.85. The lowest BCUT2D eigenvalue weighted by molar-refractivity contribution is -0.134. The monoisotopic (exact) mass is 495 g/mol. The molecular weight excluding hydrogens is 477 g/mol. The predicted molar refractivity (Wildman–Crippen MR) is 119 cm³/mol. The van der Waals surface area contributed by atoms with E-state index < -0.39 is 27.8 Å². The van der Waals surface area contributed by atoms with Gasteiger partial charge in [-0.1, -0.05) is 23.7 Å². The van der Waals surface area contributed by atoms with Crippen LogP contribution in [0.25, 0.3) is 11.3 Å². The summed E-state index contributed by atoms with van der Waals surface area (Å²) in [6, 6.07) is 8.87. The third-order valence-electron chi connectivity index (χ3n) is 4.04. The first kappa shape index (κ1) is 25.7. The van der Waals surface area contributed by atoms with Crippen LogP contribution >= 0.6 is 11.6 Å². The molecule has 3 N–H and O–H groups in total. The van der Waals surface area contributed by atoms with E-state index in [1.807, 2.05) is 0 Å². The summed E-state index contributed by atoms with van der Waals surface area (Å²) in [4.78, 5) is 23.0. The summed E-state index contributed by atoms with van der Waals surface area (Å²) in [5, 5.41) is 18.7. The van der Waals surface area contributed by atoms with Gasteiger partial charge in [-0.3, -0.25) is 4.98 Å². The number of aromatic nitrogens is 2. The molecule has 174 valence electrons. The average molecular weight is 496 g/mol. The Bertz CT molecular complexity index is 1260. The van der Waals surface area contributed by atoms with Crippen molar-refractivity contribution in [3.05, 3.63) is 83.5 Å². The number of hydrogen-bond acceptors (Lipinski definition) is 6. The van der Waals surface area contributed by atoms with Crippen LogP contribution in [0.15, 0.2) is 72.0 Å². The standard InChI is InChI=1S/C17H15ClFN3O2S.C4H4O4/c1-20-9-12-11-22(25(23,24)13-5-4-8-21-10-13)17(16(12)18)14-6-2-3-7-15(14)19;5-3(6)1-2-4(7)8/h2-8,10-11,20H,9H2,1H3;1-2H,(H,5,6)(H,7,8)/b;2-1+. The zero-order chi connectivity index (χ0) is 24.6. The highest BCUT2D eigenvalue weighted by Gasteiger charge is 2.26. The minimum Gasteiger partial charge on any atom is -0.478 e. The van der Waals surface area contributed by atoms with E-state index in [-0.39, 0.29) is 21.2 Å². The molecule has 0 unspecified atom stereocenters. The summed E-state index contributed by atoms with van der Waals surface area (Å²) in [6.45, 7) is 0.343. The predicted octanol–water partition coefficient (Wildman–Crippen LogP) is 3.01. The van der Waals surface area contributed by atoms with Crippen molar-refractivity contribution in [1.29, 1.82) is 0 Å². The lowest BCUT2D eigenvalue weighted by Crippen LogP contribution is -2.14. The topological polar surface area (TPSA) is 139 Å². The van der Waals surface area contributed by atoms with Crippen molar-refractivity contribution in [3.63, 3.8) is 0 Å². The van der Waals surface area contributed by atoms with Crippen LogP contribution in [0.5, 0.6) is 0 Å². The normalized spacial score (nSPS) is 11.1. The van der Waals surface area contributed by atoms with Gasteiger partial charge in [0.05, 0.1) is 10.7 Å². The Hall–Kier alpha value is -3.54. The first-order valence-corrected chi connectivity index (χ1v) is 11.0. The first-order valence-electron chi connectivity index (χ1n) is 9.18. The molecular formula is C21H19ClFN3O6S. The molecule has 0 aliphatic rings.